The molecule has 2 amide bonds. The second kappa shape index (κ2) is 11.3. The first-order valence-electron chi connectivity index (χ1n) is 13.0. The highest BCUT2D eigenvalue weighted by atomic mass is 16.7. The van der Waals surface area contributed by atoms with E-state index < -0.39 is 23.3 Å². The van der Waals surface area contributed by atoms with Gasteiger partial charge in [0.1, 0.15) is 0 Å². The molecule has 208 valence electrons. The number of aromatic nitrogens is 1. The van der Waals surface area contributed by atoms with Gasteiger partial charge in [0.25, 0.3) is 5.91 Å². The number of benzene rings is 2. The van der Waals surface area contributed by atoms with Crippen molar-refractivity contribution in [2.45, 2.75) is 53.0 Å². The minimum absolute atomic E-state index is 0.00646. The third-order valence-corrected chi connectivity index (χ3v) is 6.51. The summed E-state index contributed by atoms with van der Waals surface area (Å²) in [6.07, 6.45) is 3.26. The van der Waals surface area contributed by atoms with Gasteiger partial charge in [0.05, 0.1) is 42.7 Å². The van der Waals surface area contributed by atoms with E-state index in [-0.39, 0.29) is 24.1 Å². The van der Waals surface area contributed by atoms with Crippen LogP contribution in [0, 0.1) is 11.3 Å². The predicted molar refractivity (Wildman–Crippen MR) is 146 cm³/mol. The molecule has 3 N–H and O–H groups in total. The lowest BCUT2D eigenvalue weighted by atomic mass is 9.98. The molecule has 2 aromatic carbocycles. The monoisotopic (exact) mass is 537 g/mol. The summed E-state index contributed by atoms with van der Waals surface area (Å²) in [5.41, 5.74) is 2.58. The highest BCUT2D eigenvalue weighted by molar-refractivity contribution is 6.06. The first kappa shape index (κ1) is 27.8. The summed E-state index contributed by atoms with van der Waals surface area (Å²) in [5.74, 6) is -0.344. The molecule has 10 nitrogen and oxygen atoms in total. The molecule has 1 saturated carbocycles. The van der Waals surface area contributed by atoms with Crippen LogP contribution in [0.1, 0.15) is 58.6 Å². The first-order chi connectivity index (χ1) is 18.5. The number of fused-ring (bicyclic) bond motifs is 1. The fourth-order valence-electron chi connectivity index (χ4n) is 4.21. The predicted octanol–water partition coefficient (Wildman–Crippen LogP) is 4.70. The van der Waals surface area contributed by atoms with E-state index in [1.807, 2.05) is 13.0 Å². The van der Waals surface area contributed by atoms with Crippen molar-refractivity contribution in [1.82, 2.24) is 10.0 Å². The Kier molecular flexibility index (Phi) is 8.03. The number of nitrogens with zero attached hydrogens (tertiary/aromatic N) is 1. The topological polar surface area (TPSA) is 128 Å². The molecule has 0 saturated heterocycles. The number of nitrogens with one attached hydrogen (secondary N) is 2. The fraction of sp³-hybridized carbons (Fsp3) is 0.414. The highest BCUT2D eigenvalue weighted by Crippen LogP contribution is 2.41. The molecule has 0 radical (unpaired) electrons. The number of anilines is 1. The van der Waals surface area contributed by atoms with Crippen LogP contribution in [-0.2, 0) is 19.2 Å². The van der Waals surface area contributed by atoms with E-state index in [2.05, 4.69) is 10.8 Å². The number of carbonyl (C=O) groups excluding carboxylic acids is 3. The third kappa shape index (κ3) is 6.27. The lowest BCUT2D eigenvalue weighted by Gasteiger charge is -2.22. The number of ether oxygens (including phenoxy) is 2. The number of hydrogen-bond acceptors (Lipinski definition) is 7. The van der Waals surface area contributed by atoms with Gasteiger partial charge in [-0.1, -0.05) is 18.2 Å². The summed E-state index contributed by atoms with van der Waals surface area (Å²) in [7, 11) is 1.54. The maximum absolute atomic E-state index is 13.0. The van der Waals surface area contributed by atoms with Gasteiger partial charge < -0.3 is 29.3 Å². The normalized spacial score (nSPS) is 14.0. The average molecular weight is 538 g/mol. The van der Waals surface area contributed by atoms with Crippen molar-refractivity contribution in [2.24, 2.45) is 11.3 Å². The van der Waals surface area contributed by atoms with E-state index in [1.165, 1.54) is 7.11 Å². The van der Waals surface area contributed by atoms with Crippen LogP contribution in [0.25, 0.3) is 10.8 Å². The molecule has 1 fully saturated rings. The minimum atomic E-state index is -0.799. The Morgan fingerprint density at radius 2 is 1.87 bits per heavy atom. The van der Waals surface area contributed by atoms with E-state index in [0.29, 0.717) is 40.1 Å². The molecule has 1 heterocycles. The number of hydrogen-bond donors (Lipinski definition) is 3. The summed E-state index contributed by atoms with van der Waals surface area (Å²) >= 11 is 0. The Balaban J connectivity index is 1.73. The third-order valence-electron chi connectivity index (χ3n) is 6.51. The van der Waals surface area contributed by atoms with Crippen LogP contribution in [0.5, 0.6) is 17.4 Å². The molecule has 10 heteroatoms. The molecule has 4 rings (SSSR count). The van der Waals surface area contributed by atoms with E-state index in [9.17, 15) is 19.5 Å². The standard InChI is InChI=1S/C29H35N3O7/c1-6-38-23-14-18(12-13-22(23)37-5)21(15-24(33)31-39-28(36)29(2,3)4)32-16-19-8-7-9-20(25(19)27(32)35)30-26(34)17-10-11-17/h7-9,12-14,16-17,21,35H,6,10-11,15H2,1-5H3,(H,30,34)(H,31,33). The Morgan fingerprint density at radius 3 is 2.51 bits per heavy atom. The quantitative estimate of drug-likeness (QED) is 0.338. The lowest BCUT2D eigenvalue weighted by molar-refractivity contribution is -0.166. The van der Waals surface area contributed by atoms with Crippen LogP contribution in [0.4, 0.5) is 5.69 Å². The number of carbonyl (C=O) groups is 3. The maximum atomic E-state index is 13.0. The zero-order chi connectivity index (χ0) is 28.3. The Bertz CT molecular complexity index is 1390. The molecule has 0 spiro atoms. The zero-order valence-corrected chi connectivity index (χ0v) is 22.9. The Morgan fingerprint density at radius 1 is 1.13 bits per heavy atom. The van der Waals surface area contributed by atoms with Crippen LogP contribution < -0.4 is 20.3 Å². The van der Waals surface area contributed by atoms with E-state index in [0.717, 1.165) is 12.8 Å². The number of rotatable bonds is 9. The van der Waals surface area contributed by atoms with E-state index in [4.69, 9.17) is 14.3 Å². The van der Waals surface area contributed by atoms with Crippen molar-refractivity contribution >= 4 is 34.2 Å². The highest BCUT2D eigenvalue weighted by Gasteiger charge is 2.31. The number of methoxy groups -OCH3 is 1. The van der Waals surface area contributed by atoms with Crippen LogP contribution in [-0.4, -0.2) is 41.2 Å². The van der Waals surface area contributed by atoms with Crippen molar-refractivity contribution in [3.63, 3.8) is 0 Å². The molecule has 0 bridgehead atoms. The first-order valence-corrected chi connectivity index (χ1v) is 13.0. The van der Waals surface area contributed by atoms with E-state index >= 15 is 0 Å². The van der Waals surface area contributed by atoms with Crippen LogP contribution in [0.2, 0.25) is 0 Å². The van der Waals surface area contributed by atoms with Gasteiger partial charge in [-0.2, -0.15) is 5.48 Å². The molecule has 0 aliphatic heterocycles. The molecule has 3 aromatic rings. The summed E-state index contributed by atoms with van der Waals surface area (Å²) in [6, 6.07) is 9.89. The number of aromatic hydroxyl groups is 1. The zero-order valence-electron chi connectivity index (χ0n) is 22.9. The van der Waals surface area contributed by atoms with Gasteiger partial charge in [-0.25, -0.2) is 4.79 Å². The summed E-state index contributed by atoms with van der Waals surface area (Å²) in [5, 5.41) is 15.5. The van der Waals surface area contributed by atoms with Gasteiger partial charge in [-0.05, 0) is 64.3 Å². The van der Waals surface area contributed by atoms with E-state index in [1.54, 1.807) is 61.9 Å². The van der Waals surface area contributed by atoms with Crippen molar-refractivity contribution in [2.75, 3.05) is 19.0 Å². The molecule has 1 aliphatic rings. The van der Waals surface area contributed by atoms with Gasteiger partial charge in [0.15, 0.2) is 11.5 Å². The van der Waals surface area contributed by atoms with Crippen molar-refractivity contribution in [1.29, 1.82) is 0 Å². The molecule has 39 heavy (non-hydrogen) atoms. The molecular formula is C29H35N3O7. The van der Waals surface area contributed by atoms with Gasteiger partial charge in [0.2, 0.25) is 11.8 Å². The Hall–Kier alpha value is -4.21. The number of amides is 2. The van der Waals surface area contributed by atoms with Gasteiger partial charge in [0, 0.05) is 17.5 Å². The largest absolute Gasteiger partial charge is 0.494 e. The van der Waals surface area contributed by atoms with Gasteiger partial charge >= 0.3 is 5.97 Å². The second-order valence-corrected chi connectivity index (χ2v) is 10.6. The van der Waals surface area contributed by atoms with Crippen LogP contribution in [0.3, 0.4) is 0 Å². The average Bonchev–Trinajstić information content (AvgIpc) is 3.69. The molecule has 1 aliphatic carbocycles. The Labute approximate surface area is 227 Å². The fourth-order valence-corrected chi connectivity index (χ4v) is 4.21. The minimum Gasteiger partial charge on any atom is -0.494 e. The van der Waals surface area contributed by atoms with Crippen molar-refractivity contribution in [3.8, 4) is 17.4 Å². The van der Waals surface area contributed by atoms with Crippen molar-refractivity contribution < 1.29 is 33.8 Å². The molecule has 1 aromatic heterocycles. The van der Waals surface area contributed by atoms with Crippen LogP contribution in [0.15, 0.2) is 42.6 Å². The summed E-state index contributed by atoms with van der Waals surface area (Å²) in [6.45, 7) is 7.29. The molecule has 1 unspecified atom stereocenters. The molecule has 1 atom stereocenters. The molecular weight excluding hydrogens is 502 g/mol. The number of hydroxylamine groups is 1. The lowest BCUT2D eigenvalue weighted by Crippen LogP contribution is -2.34. The van der Waals surface area contributed by atoms with Crippen LogP contribution >= 0.6 is 0 Å². The second-order valence-electron chi connectivity index (χ2n) is 10.6. The maximum Gasteiger partial charge on any atom is 0.337 e. The van der Waals surface area contributed by atoms with Gasteiger partial charge in [-0.3, -0.25) is 9.59 Å². The SMILES string of the molecule is CCOc1cc(C(CC(=O)NOC(=O)C(C)(C)C)n2cc3cccc(NC(=O)C4CC4)c3c2O)ccc1OC. The van der Waals surface area contributed by atoms with Gasteiger partial charge in [-0.15, -0.1) is 0 Å². The summed E-state index contributed by atoms with van der Waals surface area (Å²) in [4.78, 5) is 42.7. The smallest absolute Gasteiger partial charge is 0.337 e. The summed E-state index contributed by atoms with van der Waals surface area (Å²) < 4.78 is 12.7. The van der Waals surface area contributed by atoms with Crippen molar-refractivity contribution in [3.05, 3.63) is 48.2 Å².